The summed E-state index contributed by atoms with van der Waals surface area (Å²) in [5.74, 6) is 0.00224. The van der Waals surface area contributed by atoms with E-state index in [4.69, 9.17) is 0 Å². The number of anilines is 1. The number of aromatic nitrogens is 1. The van der Waals surface area contributed by atoms with Gasteiger partial charge in [-0.05, 0) is 18.6 Å². The third-order valence-corrected chi connectivity index (χ3v) is 2.60. The lowest BCUT2D eigenvalue weighted by Gasteiger charge is -2.10. The first-order valence-corrected chi connectivity index (χ1v) is 6.39. The predicted molar refractivity (Wildman–Crippen MR) is 70.8 cm³/mol. The summed E-state index contributed by atoms with van der Waals surface area (Å²) in [6.07, 6.45) is -3.73. The molecule has 0 saturated heterocycles. The molecule has 4 nitrogen and oxygen atoms in total. The van der Waals surface area contributed by atoms with Crippen LogP contribution in [0.4, 0.5) is 19.0 Å². The molecule has 0 aliphatic rings. The Morgan fingerprint density at radius 3 is 2.60 bits per heavy atom. The number of pyridine rings is 1. The fraction of sp³-hybridized carbons (Fsp3) is 0.538. The molecule has 1 heterocycles. The molecule has 1 aromatic heterocycles. The van der Waals surface area contributed by atoms with E-state index in [1.54, 1.807) is 13.1 Å². The first-order chi connectivity index (χ1) is 9.35. The largest absolute Gasteiger partial charge is 0.390 e. The Hall–Kier alpha value is -1.79. The molecule has 2 N–H and O–H groups in total. The first kappa shape index (κ1) is 16.3. The normalized spacial score (nSPS) is 11.2. The highest BCUT2D eigenvalue weighted by molar-refractivity contribution is 5.95. The average molecular weight is 289 g/mol. The van der Waals surface area contributed by atoms with Gasteiger partial charge >= 0.3 is 6.18 Å². The Labute approximate surface area is 115 Å². The quantitative estimate of drug-likeness (QED) is 0.846. The van der Waals surface area contributed by atoms with Crippen molar-refractivity contribution in [2.24, 2.45) is 0 Å². The van der Waals surface area contributed by atoms with E-state index in [0.717, 1.165) is 12.1 Å². The fourth-order valence-corrected chi connectivity index (χ4v) is 1.65. The van der Waals surface area contributed by atoms with Gasteiger partial charge in [0.1, 0.15) is 5.82 Å². The van der Waals surface area contributed by atoms with Crippen molar-refractivity contribution in [1.29, 1.82) is 0 Å². The maximum absolute atomic E-state index is 12.0. The molecule has 0 aliphatic heterocycles. The van der Waals surface area contributed by atoms with E-state index in [-0.39, 0.29) is 0 Å². The summed E-state index contributed by atoms with van der Waals surface area (Å²) in [7, 11) is 1.67. The SMILES string of the molecule is CCCc1cc(C(=O)NCCC(F)(F)F)cc(NC)n1. The number of nitrogens with one attached hydrogen (secondary N) is 2. The van der Waals surface area contributed by atoms with Crippen LogP contribution in [0, 0.1) is 0 Å². The number of halogens is 3. The van der Waals surface area contributed by atoms with Crippen molar-refractivity contribution in [1.82, 2.24) is 10.3 Å². The van der Waals surface area contributed by atoms with Gasteiger partial charge in [0, 0.05) is 24.8 Å². The van der Waals surface area contributed by atoms with Gasteiger partial charge in [0.15, 0.2) is 0 Å². The van der Waals surface area contributed by atoms with Crippen molar-refractivity contribution in [3.05, 3.63) is 23.4 Å². The van der Waals surface area contributed by atoms with E-state index in [1.807, 2.05) is 6.92 Å². The summed E-state index contributed by atoms with van der Waals surface area (Å²) in [4.78, 5) is 16.1. The highest BCUT2D eigenvalue weighted by Gasteiger charge is 2.26. The number of carbonyl (C=O) groups excluding carboxylic acids is 1. The Morgan fingerprint density at radius 2 is 2.05 bits per heavy atom. The molecule has 0 spiro atoms. The number of nitrogens with zero attached hydrogens (tertiary/aromatic N) is 1. The zero-order chi connectivity index (χ0) is 15.2. The molecule has 1 aromatic rings. The molecule has 0 unspecified atom stereocenters. The maximum atomic E-state index is 12.0. The Bertz CT molecular complexity index is 461. The van der Waals surface area contributed by atoms with Crippen molar-refractivity contribution in [3.8, 4) is 0 Å². The number of alkyl halides is 3. The minimum absolute atomic E-state index is 0.315. The van der Waals surface area contributed by atoms with E-state index in [2.05, 4.69) is 15.6 Å². The standard InChI is InChI=1S/C13H18F3N3O/c1-3-4-10-7-9(8-11(17-2)19-10)12(20)18-6-5-13(14,15)16/h7-8H,3-6H2,1-2H3,(H,17,19)(H,18,20). The van der Waals surface area contributed by atoms with Gasteiger partial charge in [-0.15, -0.1) is 0 Å². The lowest BCUT2D eigenvalue weighted by atomic mass is 10.1. The maximum Gasteiger partial charge on any atom is 0.390 e. The molecular formula is C13H18F3N3O. The number of aryl methyl sites for hydroxylation is 1. The van der Waals surface area contributed by atoms with Crippen LogP contribution in [-0.4, -0.2) is 30.7 Å². The number of carbonyl (C=O) groups is 1. The Kier molecular flexibility index (Phi) is 5.79. The molecule has 1 rings (SSSR count). The summed E-state index contributed by atoms with van der Waals surface area (Å²) in [5.41, 5.74) is 1.05. The van der Waals surface area contributed by atoms with Crippen molar-refractivity contribution in [2.75, 3.05) is 18.9 Å². The molecule has 0 fully saturated rings. The second kappa shape index (κ2) is 7.12. The zero-order valence-corrected chi connectivity index (χ0v) is 11.5. The van der Waals surface area contributed by atoms with Crippen LogP contribution in [0.2, 0.25) is 0 Å². The van der Waals surface area contributed by atoms with Crippen LogP contribution in [-0.2, 0) is 6.42 Å². The zero-order valence-electron chi connectivity index (χ0n) is 11.5. The van der Waals surface area contributed by atoms with E-state index in [1.165, 1.54) is 6.07 Å². The van der Waals surface area contributed by atoms with Crippen LogP contribution in [0.15, 0.2) is 12.1 Å². The van der Waals surface area contributed by atoms with Gasteiger partial charge in [-0.3, -0.25) is 4.79 Å². The summed E-state index contributed by atoms with van der Waals surface area (Å²) in [5, 5.41) is 5.09. The molecule has 0 aromatic carbocycles. The average Bonchev–Trinajstić information content (AvgIpc) is 2.37. The molecule has 1 amide bonds. The Morgan fingerprint density at radius 1 is 1.35 bits per heavy atom. The van der Waals surface area contributed by atoms with E-state index >= 15 is 0 Å². The van der Waals surface area contributed by atoms with Crippen LogP contribution in [0.5, 0.6) is 0 Å². The van der Waals surface area contributed by atoms with E-state index in [9.17, 15) is 18.0 Å². The molecule has 7 heteroatoms. The van der Waals surface area contributed by atoms with Crippen molar-refractivity contribution in [2.45, 2.75) is 32.4 Å². The van der Waals surface area contributed by atoms with Crippen molar-refractivity contribution < 1.29 is 18.0 Å². The number of rotatable bonds is 6. The minimum atomic E-state index is -4.27. The molecule has 0 aliphatic carbocycles. The highest BCUT2D eigenvalue weighted by Crippen LogP contribution is 2.18. The second-order valence-electron chi connectivity index (χ2n) is 4.35. The highest BCUT2D eigenvalue weighted by atomic mass is 19.4. The number of hydrogen-bond donors (Lipinski definition) is 2. The Balaban J connectivity index is 2.73. The van der Waals surface area contributed by atoms with Crippen LogP contribution < -0.4 is 10.6 Å². The molecule has 112 valence electrons. The smallest absolute Gasteiger partial charge is 0.373 e. The van der Waals surface area contributed by atoms with Crippen molar-refractivity contribution in [3.63, 3.8) is 0 Å². The molecule has 0 saturated carbocycles. The molecule has 20 heavy (non-hydrogen) atoms. The van der Waals surface area contributed by atoms with Gasteiger partial charge in [-0.25, -0.2) is 4.98 Å². The topological polar surface area (TPSA) is 54.0 Å². The predicted octanol–water partition coefficient (Wildman–Crippen LogP) is 2.76. The van der Waals surface area contributed by atoms with Gasteiger partial charge in [0.25, 0.3) is 5.91 Å². The summed E-state index contributed by atoms with van der Waals surface area (Å²) in [6.45, 7) is 1.56. The van der Waals surface area contributed by atoms with Gasteiger partial charge in [0.2, 0.25) is 0 Å². The molecular weight excluding hydrogens is 271 g/mol. The number of hydrogen-bond acceptors (Lipinski definition) is 3. The lowest BCUT2D eigenvalue weighted by molar-refractivity contribution is -0.132. The van der Waals surface area contributed by atoms with E-state index in [0.29, 0.717) is 17.8 Å². The summed E-state index contributed by atoms with van der Waals surface area (Å²) < 4.78 is 36.1. The van der Waals surface area contributed by atoms with Gasteiger partial charge in [0.05, 0.1) is 6.42 Å². The van der Waals surface area contributed by atoms with Gasteiger partial charge in [-0.2, -0.15) is 13.2 Å². The first-order valence-electron chi connectivity index (χ1n) is 6.39. The molecule has 0 bridgehead atoms. The number of amides is 1. The summed E-state index contributed by atoms with van der Waals surface area (Å²) in [6, 6.07) is 3.12. The second-order valence-corrected chi connectivity index (χ2v) is 4.35. The van der Waals surface area contributed by atoms with E-state index < -0.39 is 25.0 Å². The molecule has 0 atom stereocenters. The van der Waals surface area contributed by atoms with Crippen LogP contribution in [0.3, 0.4) is 0 Å². The van der Waals surface area contributed by atoms with Gasteiger partial charge in [-0.1, -0.05) is 13.3 Å². The monoisotopic (exact) mass is 289 g/mol. The third kappa shape index (κ3) is 5.46. The van der Waals surface area contributed by atoms with Crippen LogP contribution >= 0.6 is 0 Å². The van der Waals surface area contributed by atoms with Crippen molar-refractivity contribution >= 4 is 11.7 Å². The fourth-order valence-electron chi connectivity index (χ4n) is 1.65. The molecule has 0 radical (unpaired) electrons. The third-order valence-electron chi connectivity index (χ3n) is 2.60. The van der Waals surface area contributed by atoms with Crippen LogP contribution in [0.25, 0.3) is 0 Å². The summed E-state index contributed by atoms with van der Waals surface area (Å²) >= 11 is 0. The van der Waals surface area contributed by atoms with Crippen LogP contribution in [0.1, 0.15) is 35.8 Å². The minimum Gasteiger partial charge on any atom is -0.373 e. The van der Waals surface area contributed by atoms with Gasteiger partial charge < -0.3 is 10.6 Å². The lowest BCUT2D eigenvalue weighted by Crippen LogP contribution is -2.28.